The number of benzene rings is 2. The van der Waals surface area contributed by atoms with E-state index in [9.17, 15) is 0 Å². The average Bonchev–Trinajstić information content (AvgIpc) is 2.54. The highest BCUT2D eigenvalue weighted by Gasteiger charge is 2.06. The van der Waals surface area contributed by atoms with Crippen LogP contribution in [0.25, 0.3) is 0 Å². The van der Waals surface area contributed by atoms with Crippen LogP contribution in [0.4, 0.5) is 5.69 Å². The maximum Gasteiger partial charge on any atom is 0.210 e. The van der Waals surface area contributed by atoms with E-state index in [-0.39, 0.29) is 0 Å². The van der Waals surface area contributed by atoms with Gasteiger partial charge in [-0.3, -0.25) is 10.4 Å². The summed E-state index contributed by atoms with van der Waals surface area (Å²) < 4.78 is 5.87. The summed E-state index contributed by atoms with van der Waals surface area (Å²) in [5, 5.41) is 3.14. The number of aliphatic imine (C=N–C) groups is 1. The lowest BCUT2D eigenvalue weighted by Gasteiger charge is -2.14. The molecule has 0 bridgehead atoms. The van der Waals surface area contributed by atoms with Crippen molar-refractivity contribution >= 4 is 11.6 Å². The van der Waals surface area contributed by atoms with Gasteiger partial charge in [-0.25, -0.2) is 5.84 Å². The van der Waals surface area contributed by atoms with Gasteiger partial charge < -0.3 is 10.1 Å². The summed E-state index contributed by atoms with van der Waals surface area (Å²) in [6, 6.07) is 17.3. The molecule has 21 heavy (non-hydrogen) atoms. The van der Waals surface area contributed by atoms with E-state index < -0.39 is 0 Å². The fraction of sp³-hybridized carbons (Fsp3) is 0.188. The SMILES string of the molecule is CCCN=C(NN)Nc1ccccc1Oc1ccccc1. The van der Waals surface area contributed by atoms with Gasteiger partial charge in [-0.15, -0.1) is 0 Å². The van der Waals surface area contributed by atoms with Crippen molar-refractivity contribution in [2.45, 2.75) is 13.3 Å². The molecule has 0 fully saturated rings. The Morgan fingerprint density at radius 1 is 1.10 bits per heavy atom. The van der Waals surface area contributed by atoms with Gasteiger partial charge in [-0.2, -0.15) is 0 Å². The van der Waals surface area contributed by atoms with E-state index >= 15 is 0 Å². The Hall–Kier alpha value is -2.53. The Bertz CT molecular complexity index is 584. The Morgan fingerprint density at radius 2 is 1.81 bits per heavy atom. The smallest absolute Gasteiger partial charge is 0.210 e. The minimum atomic E-state index is 0.515. The molecule has 2 aromatic carbocycles. The third-order valence-corrected chi connectivity index (χ3v) is 2.74. The number of guanidine groups is 1. The van der Waals surface area contributed by atoms with Crippen molar-refractivity contribution < 1.29 is 4.74 Å². The van der Waals surface area contributed by atoms with E-state index in [4.69, 9.17) is 10.6 Å². The minimum absolute atomic E-state index is 0.515. The molecule has 0 saturated heterocycles. The summed E-state index contributed by atoms with van der Waals surface area (Å²) in [5.74, 6) is 7.48. The van der Waals surface area contributed by atoms with Gasteiger partial charge in [0, 0.05) is 6.54 Å². The Kier molecular flexibility index (Phi) is 5.60. The van der Waals surface area contributed by atoms with Crippen molar-refractivity contribution in [2.24, 2.45) is 10.8 Å². The van der Waals surface area contributed by atoms with Gasteiger partial charge in [0.15, 0.2) is 5.75 Å². The molecule has 0 amide bonds. The highest BCUT2D eigenvalue weighted by Crippen LogP contribution is 2.28. The molecule has 110 valence electrons. The number of rotatable bonds is 5. The van der Waals surface area contributed by atoms with Gasteiger partial charge in [-0.1, -0.05) is 37.3 Å². The molecular weight excluding hydrogens is 264 g/mol. The summed E-state index contributed by atoms with van der Waals surface area (Å²) in [6.07, 6.45) is 0.953. The van der Waals surface area contributed by atoms with Crippen LogP contribution in [0.2, 0.25) is 0 Å². The number of ether oxygens (including phenoxy) is 1. The quantitative estimate of drug-likeness (QED) is 0.341. The molecule has 0 spiro atoms. The zero-order valence-corrected chi connectivity index (χ0v) is 12.0. The molecule has 0 atom stereocenters. The van der Waals surface area contributed by atoms with Gasteiger partial charge in [0.25, 0.3) is 0 Å². The number of hydrogen-bond acceptors (Lipinski definition) is 3. The number of para-hydroxylation sites is 3. The predicted molar refractivity (Wildman–Crippen MR) is 86.5 cm³/mol. The standard InChI is InChI=1S/C16H20N4O/c1-2-12-18-16(20-17)19-14-10-6-7-11-15(14)21-13-8-4-3-5-9-13/h3-11H,2,12,17H2,1H3,(H2,18,19,20). The van der Waals surface area contributed by atoms with Crippen molar-refractivity contribution in [1.29, 1.82) is 0 Å². The zero-order valence-electron chi connectivity index (χ0n) is 12.0. The highest BCUT2D eigenvalue weighted by atomic mass is 16.5. The molecule has 0 unspecified atom stereocenters. The number of nitrogens with zero attached hydrogens (tertiary/aromatic N) is 1. The molecule has 2 aromatic rings. The van der Waals surface area contributed by atoms with Crippen LogP contribution in [-0.2, 0) is 0 Å². The normalized spacial score (nSPS) is 11.0. The lowest BCUT2D eigenvalue weighted by atomic mass is 10.3. The molecule has 4 N–H and O–H groups in total. The fourth-order valence-electron chi connectivity index (χ4n) is 1.75. The van der Waals surface area contributed by atoms with Crippen LogP contribution in [0.1, 0.15) is 13.3 Å². The number of hydrogen-bond donors (Lipinski definition) is 3. The second-order valence-electron chi connectivity index (χ2n) is 4.41. The molecule has 2 rings (SSSR count). The summed E-state index contributed by atoms with van der Waals surface area (Å²) in [6.45, 7) is 2.76. The first kappa shape index (κ1) is 14.9. The summed E-state index contributed by atoms with van der Waals surface area (Å²) in [5.41, 5.74) is 3.36. The van der Waals surface area contributed by atoms with Crippen molar-refractivity contribution in [3.05, 3.63) is 54.6 Å². The van der Waals surface area contributed by atoms with Gasteiger partial charge in [0.1, 0.15) is 5.75 Å². The molecule has 0 aromatic heterocycles. The van der Waals surface area contributed by atoms with E-state index in [1.165, 1.54) is 0 Å². The molecule has 0 aliphatic rings. The van der Waals surface area contributed by atoms with Crippen LogP contribution in [0.5, 0.6) is 11.5 Å². The van der Waals surface area contributed by atoms with E-state index in [1.807, 2.05) is 54.6 Å². The monoisotopic (exact) mass is 284 g/mol. The lowest BCUT2D eigenvalue weighted by molar-refractivity contribution is 0.485. The molecule has 0 aliphatic carbocycles. The second kappa shape index (κ2) is 7.91. The third-order valence-electron chi connectivity index (χ3n) is 2.74. The van der Waals surface area contributed by atoms with Crippen LogP contribution in [0.3, 0.4) is 0 Å². The third kappa shape index (κ3) is 4.50. The number of anilines is 1. The molecule has 0 saturated carbocycles. The predicted octanol–water partition coefficient (Wildman–Crippen LogP) is 3.12. The maximum absolute atomic E-state index is 5.87. The first-order valence-electron chi connectivity index (χ1n) is 6.93. The van der Waals surface area contributed by atoms with Crippen molar-refractivity contribution in [3.8, 4) is 11.5 Å². The molecule has 0 heterocycles. The highest BCUT2D eigenvalue weighted by molar-refractivity contribution is 5.94. The van der Waals surface area contributed by atoms with E-state index in [2.05, 4.69) is 22.7 Å². The fourth-order valence-corrected chi connectivity index (χ4v) is 1.75. The van der Waals surface area contributed by atoms with Crippen LogP contribution >= 0.6 is 0 Å². The second-order valence-corrected chi connectivity index (χ2v) is 4.41. The Balaban J connectivity index is 2.16. The molecule has 5 nitrogen and oxygen atoms in total. The van der Waals surface area contributed by atoms with Crippen molar-refractivity contribution in [2.75, 3.05) is 11.9 Å². The first-order chi connectivity index (χ1) is 10.3. The van der Waals surface area contributed by atoms with E-state index in [0.29, 0.717) is 18.3 Å². The van der Waals surface area contributed by atoms with Crippen LogP contribution in [0, 0.1) is 0 Å². The summed E-state index contributed by atoms with van der Waals surface area (Å²) in [7, 11) is 0. The van der Waals surface area contributed by atoms with Crippen LogP contribution in [-0.4, -0.2) is 12.5 Å². The number of nitrogens with one attached hydrogen (secondary N) is 2. The topological polar surface area (TPSA) is 71.7 Å². The lowest BCUT2D eigenvalue weighted by Crippen LogP contribution is -2.36. The van der Waals surface area contributed by atoms with Gasteiger partial charge in [-0.05, 0) is 30.7 Å². The Labute approximate surface area is 124 Å². The largest absolute Gasteiger partial charge is 0.455 e. The Morgan fingerprint density at radius 3 is 2.52 bits per heavy atom. The molecule has 5 heteroatoms. The maximum atomic E-state index is 5.87. The molecule has 0 aliphatic heterocycles. The minimum Gasteiger partial charge on any atom is -0.455 e. The number of nitrogens with two attached hydrogens (primary N) is 1. The van der Waals surface area contributed by atoms with Crippen molar-refractivity contribution in [1.82, 2.24) is 5.43 Å². The van der Waals surface area contributed by atoms with Crippen LogP contribution < -0.4 is 21.3 Å². The van der Waals surface area contributed by atoms with E-state index in [1.54, 1.807) is 0 Å². The van der Waals surface area contributed by atoms with E-state index in [0.717, 1.165) is 17.9 Å². The first-order valence-corrected chi connectivity index (χ1v) is 6.93. The van der Waals surface area contributed by atoms with Gasteiger partial charge >= 0.3 is 0 Å². The zero-order chi connectivity index (χ0) is 14.9. The summed E-state index contributed by atoms with van der Waals surface area (Å²) >= 11 is 0. The average molecular weight is 284 g/mol. The molecular formula is C16H20N4O. The molecule has 0 radical (unpaired) electrons. The van der Waals surface area contributed by atoms with Crippen LogP contribution in [0.15, 0.2) is 59.6 Å². The number of hydrazine groups is 1. The van der Waals surface area contributed by atoms with Gasteiger partial charge in [0.05, 0.1) is 5.69 Å². The summed E-state index contributed by atoms with van der Waals surface area (Å²) in [4.78, 5) is 4.32. The van der Waals surface area contributed by atoms with Gasteiger partial charge in [0.2, 0.25) is 5.96 Å². The van der Waals surface area contributed by atoms with Crippen molar-refractivity contribution in [3.63, 3.8) is 0 Å².